The Bertz CT molecular complexity index is 1180. The molecule has 2 heterocycles. The van der Waals surface area contributed by atoms with Crippen LogP contribution in [-0.2, 0) is 21.7 Å². The van der Waals surface area contributed by atoms with Crippen molar-refractivity contribution in [3.8, 4) is 5.88 Å². The zero-order valence-electron chi connectivity index (χ0n) is 16.4. The van der Waals surface area contributed by atoms with Gasteiger partial charge in [-0.2, -0.15) is 0 Å². The van der Waals surface area contributed by atoms with Gasteiger partial charge in [0.1, 0.15) is 0 Å². The molecule has 0 saturated carbocycles. The van der Waals surface area contributed by atoms with Gasteiger partial charge >= 0.3 is 0 Å². The number of anilines is 1. The number of hydrogen-bond donors (Lipinski definition) is 1. The fraction of sp³-hybridized carbons (Fsp3) is 0.316. The van der Waals surface area contributed by atoms with Crippen LogP contribution in [0.4, 0.5) is 5.69 Å². The van der Waals surface area contributed by atoms with Crippen molar-refractivity contribution < 1.29 is 17.9 Å². The van der Waals surface area contributed by atoms with Gasteiger partial charge in [-0.1, -0.05) is 6.07 Å². The van der Waals surface area contributed by atoms with Crippen molar-refractivity contribution in [2.24, 2.45) is 7.05 Å². The number of amides is 1. The first-order valence-electron chi connectivity index (χ1n) is 8.60. The predicted molar refractivity (Wildman–Crippen MR) is 106 cm³/mol. The van der Waals surface area contributed by atoms with E-state index in [-0.39, 0.29) is 11.5 Å². The van der Waals surface area contributed by atoms with Crippen LogP contribution in [0.3, 0.4) is 0 Å². The van der Waals surface area contributed by atoms with Crippen LogP contribution in [0.1, 0.15) is 16.8 Å². The molecule has 2 aromatic heterocycles. The Morgan fingerprint density at radius 2 is 1.89 bits per heavy atom. The molecule has 0 bridgehead atoms. The Kier molecular flexibility index (Phi) is 5.12. The quantitative estimate of drug-likeness (QED) is 0.702. The minimum absolute atomic E-state index is 0.141. The summed E-state index contributed by atoms with van der Waals surface area (Å²) < 4.78 is 30.7. The number of sulfone groups is 1. The molecule has 0 fully saturated rings. The van der Waals surface area contributed by atoms with Crippen molar-refractivity contribution in [1.29, 1.82) is 0 Å². The molecule has 3 aromatic rings. The number of benzene rings is 1. The van der Waals surface area contributed by atoms with Crippen LogP contribution in [0.2, 0.25) is 0 Å². The number of pyridine rings is 1. The molecule has 0 radical (unpaired) electrons. The molecule has 1 amide bonds. The number of rotatable bonds is 5. The normalized spacial score (nSPS) is 11.6. The first-order valence-corrected chi connectivity index (χ1v) is 10.5. The SMILES string of the molecule is Cc1cc(C)c2c(OCC(=O)Nc3cc(S(C)(=O)=O)ccc3C)nn(C)c2n1. The standard InChI is InChI=1S/C19H22N4O4S/c1-11-6-7-14(28(5,25)26)9-15(11)21-16(24)10-27-19-17-12(2)8-13(3)20-18(17)23(4)22-19/h6-9H,10H2,1-5H3,(H,21,24). The Hall–Kier alpha value is -2.94. The molecule has 0 aliphatic carbocycles. The van der Waals surface area contributed by atoms with Gasteiger partial charge in [0.15, 0.2) is 22.1 Å². The van der Waals surface area contributed by atoms with E-state index in [0.717, 1.165) is 28.5 Å². The number of carbonyl (C=O) groups excluding carboxylic acids is 1. The molecular weight excluding hydrogens is 380 g/mol. The Balaban J connectivity index is 1.78. The van der Waals surface area contributed by atoms with Gasteiger partial charge in [0.2, 0.25) is 5.88 Å². The molecule has 0 aliphatic heterocycles. The monoisotopic (exact) mass is 402 g/mol. The second kappa shape index (κ2) is 7.23. The molecule has 3 rings (SSSR count). The number of aromatic nitrogens is 3. The minimum Gasteiger partial charge on any atom is -0.466 e. The van der Waals surface area contributed by atoms with E-state index in [4.69, 9.17) is 4.74 Å². The van der Waals surface area contributed by atoms with Crippen molar-refractivity contribution >= 4 is 32.5 Å². The lowest BCUT2D eigenvalue weighted by atomic mass is 10.2. The molecule has 0 saturated heterocycles. The van der Waals surface area contributed by atoms with Gasteiger partial charge in [0.25, 0.3) is 5.91 Å². The Labute approximate surface area is 163 Å². The van der Waals surface area contributed by atoms with Crippen molar-refractivity contribution in [2.75, 3.05) is 18.2 Å². The fourth-order valence-electron chi connectivity index (χ4n) is 2.94. The maximum absolute atomic E-state index is 12.3. The number of fused-ring (bicyclic) bond motifs is 1. The third-order valence-electron chi connectivity index (χ3n) is 4.34. The maximum Gasteiger partial charge on any atom is 0.262 e. The largest absolute Gasteiger partial charge is 0.466 e. The van der Waals surface area contributed by atoms with E-state index < -0.39 is 15.7 Å². The van der Waals surface area contributed by atoms with E-state index in [2.05, 4.69) is 15.4 Å². The summed E-state index contributed by atoms with van der Waals surface area (Å²) in [6, 6.07) is 6.53. The van der Waals surface area contributed by atoms with Crippen molar-refractivity contribution in [1.82, 2.24) is 14.8 Å². The van der Waals surface area contributed by atoms with Gasteiger partial charge in [0, 0.05) is 24.7 Å². The zero-order valence-corrected chi connectivity index (χ0v) is 17.2. The molecule has 148 valence electrons. The average Bonchev–Trinajstić information content (AvgIpc) is 2.90. The highest BCUT2D eigenvalue weighted by molar-refractivity contribution is 7.90. The van der Waals surface area contributed by atoms with E-state index in [9.17, 15) is 13.2 Å². The lowest BCUT2D eigenvalue weighted by Gasteiger charge is -2.10. The van der Waals surface area contributed by atoms with E-state index in [1.165, 1.54) is 12.1 Å². The number of nitrogens with zero attached hydrogens (tertiary/aromatic N) is 3. The van der Waals surface area contributed by atoms with Crippen LogP contribution < -0.4 is 10.1 Å². The molecular formula is C19H22N4O4S. The van der Waals surface area contributed by atoms with Gasteiger partial charge in [-0.25, -0.2) is 18.1 Å². The molecule has 8 nitrogen and oxygen atoms in total. The molecule has 0 aliphatic rings. The summed E-state index contributed by atoms with van der Waals surface area (Å²) in [6.07, 6.45) is 1.12. The lowest BCUT2D eigenvalue weighted by molar-refractivity contribution is -0.118. The van der Waals surface area contributed by atoms with Crippen LogP contribution in [0, 0.1) is 20.8 Å². The number of hydrogen-bond acceptors (Lipinski definition) is 6. The van der Waals surface area contributed by atoms with Crippen molar-refractivity contribution in [2.45, 2.75) is 25.7 Å². The summed E-state index contributed by atoms with van der Waals surface area (Å²) in [5, 5.41) is 7.76. The first-order chi connectivity index (χ1) is 13.1. The number of nitrogens with one attached hydrogen (secondary N) is 1. The highest BCUT2D eigenvalue weighted by atomic mass is 32.2. The molecule has 1 aromatic carbocycles. The summed E-state index contributed by atoms with van der Waals surface area (Å²) in [7, 11) is -1.60. The minimum atomic E-state index is -3.37. The lowest BCUT2D eigenvalue weighted by Crippen LogP contribution is -2.21. The van der Waals surface area contributed by atoms with Crippen LogP contribution >= 0.6 is 0 Å². The van der Waals surface area contributed by atoms with Crippen molar-refractivity contribution in [3.63, 3.8) is 0 Å². The summed E-state index contributed by atoms with van der Waals surface area (Å²) in [5.41, 5.74) is 3.70. The molecule has 0 unspecified atom stereocenters. The summed E-state index contributed by atoms with van der Waals surface area (Å²) in [4.78, 5) is 16.9. The van der Waals surface area contributed by atoms with Crippen LogP contribution in [0.5, 0.6) is 5.88 Å². The maximum atomic E-state index is 12.3. The number of carbonyl (C=O) groups is 1. The van der Waals surface area contributed by atoms with Crippen LogP contribution in [-0.4, -0.2) is 42.0 Å². The van der Waals surface area contributed by atoms with Gasteiger partial charge in [0.05, 0.1) is 10.3 Å². The van der Waals surface area contributed by atoms with Gasteiger partial charge in [-0.15, -0.1) is 5.10 Å². The average molecular weight is 402 g/mol. The molecule has 1 N–H and O–H groups in total. The number of aryl methyl sites for hydroxylation is 4. The van der Waals surface area contributed by atoms with Gasteiger partial charge < -0.3 is 10.1 Å². The topological polar surface area (TPSA) is 103 Å². The zero-order chi connectivity index (χ0) is 20.6. The summed E-state index contributed by atoms with van der Waals surface area (Å²) in [5.74, 6) is -0.0791. The van der Waals surface area contributed by atoms with Crippen molar-refractivity contribution in [3.05, 3.63) is 41.1 Å². The molecule has 0 spiro atoms. The van der Waals surface area contributed by atoms with Gasteiger partial charge in [-0.3, -0.25) is 4.79 Å². The smallest absolute Gasteiger partial charge is 0.262 e. The van der Waals surface area contributed by atoms with E-state index >= 15 is 0 Å². The molecule has 0 atom stereocenters. The number of ether oxygens (including phenoxy) is 1. The van der Waals surface area contributed by atoms with E-state index in [1.807, 2.05) is 19.9 Å². The second-order valence-electron chi connectivity index (χ2n) is 6.79. The predicted octanol–water partition coefficient (Wildman–Crippen LogP) is 2.31. The third kappa shape index (κ3) is 3.99. The van der Waals surface area contributed by atoms with E-state index in [1.54, 1.807) is 24.7 Å². The fourth-order valence-corrected chi connectivity index (χ4v) is 3.58. The highest BCUT2D eigenvalue weighted by Gasteiger charge is 2.16. The summed E-state index contributed by atoms with van der Waals surface area (Å²) >= 11 is 0. The highest BCUT2D eigenvalue weighted by Crippen LogP contribution is 2.27. The van der Waals surface area contributed by atoms with Crippen LogP contribution in [0.15, 0.2) is 29.2 Å². The Morgan fingerprint density at radius 1 is 1.18 bits per heavy atom. The van der Waals surface area contributed by atoms with Crippen LogP contribution in [0.25, 0.3) is 11.0 Å². The summed E-state index contributed by atoms with van der Waals surface area (Å²) in [6.45, 7) is 5.36. The Morgan fingerprint density at radius 3 is 2.57 bits per heavy atom. The molecule has 28 heavy (non-hydrogen) atoms. The second-order valence-corrected chi connectivity index (χ2v) is 8.81. The first kappa shape index (κ1) is 19.8. The van der Waals surface area contributed by atoms with E-state index in [0.29, 0.717) is 17.2 Å². The van der Waals surface area contributed by atoms with Gasteiger partial charge in [-0.05, 0) is 50.1 Å². The third-order valence-corrected chi connectivity index (χ3v) is 5.45. The molecule has 9 heteroatoms.